The van der Waals surface area contributed by atoms with E-state index in [4.69, 9.17) is 0 Å². The number of nitrogens with one attached hydrogen (secondary N) is 1. The standard InChI is InChI=1S/C22H22N4O/c1-13-5-6-14(2)20-19(13)15(3)21(25-20)22(27)26(4)12-16-7-8-17-18(11-16)24-10-9-23-17/h5-11,25H,12H2,1-4H3. The molecule has 5 heteroatoms. The minimum Gasteiger partial charge on any atom is -0.350 e. The molecular formula is C22H22N4O. The minimum absolute atomic E-state index is 0.0123. The highest BCUT2D eigenvalue weighted by Crippen LogP contribution is 2.28. The van der Waals surface area contributed by atoms with Crippen molar-refractivity contribution in [2.75, 3.05) is 7.05 Å². The SMILES string of the molecule is Cc1ccc(C)c2c(C)c(C(=O)N(C)Cc3ccc4nccnc4c3)[nH]c12. The predicted octanol–water partition coefficient (Wildman–Crippen LogP) is 4.31. The average Bonchev–Trinajstić information content (AvgIpc) is 3.02. The molecule has 0 saturated carbocycles. The Balaban J connectivity index is 1.65. The Morgan fingerprint density at radius 1 is 1.00 bits per heavy atom. The van der Waals surface area contributed by atoms with Gasteiger partial charge in [-0.25, -0.2) is 0 Å². The Labute approximate surface area is 158 Å². The lowest BCUT2D eigenvalue weighted by Crippen LogP contribution is -2.27. The van der Waals surface area contributed by atoms with Crippen LogP contribution in [-0.2, 0) is 6.54 Å². The molecule has 1 N–H and O–H groups in total. The summed E-state index contributed by atoms with van der Waals surface area (Å²) in [5, 5.41) is 1.15. The van der Waals surface area contributed by atoms with Crippen LogP contribution >= 0.6 is 0 Å². The summed E-state index contributed by atoms with van der Waals surface area (Å²) < 4.78 is 0. The molecule has 0 fully saturated rings. The van der Waals surface area contributed by atoms with Crippen LogP contribution in [0.4, 0.5) is 0 Å². The summed E-state index contributed by atoms with van der Waals surface area (Å²) >= 11 is 0. The average molecular weight is 358 g/mol. The second kappa shape index (κ2) is 6.50. The van der Waals surface area contributed by atoms with Gasteiger partial charge in [0.25, 0.3) is 5.91 Å². The van der Waals surface area contributed by atoms with E-state index in [1.54, 1.807) is 17.3 Å². The Bertz CT molecular complexity index is 1180. The molecule has 0 bridgehead atoms. The Kier molecular flexibility index (Phi) is 4.15. The van der Waals surface area contributed by atoms with Gasteiger partial charge in [-0.15, -0.1) is 0 Å². The van der Waals surface area contributed by atoms with Gasteiger partial charge in [-0.1, -0.05) is 18.2 Å². The van der Waals surface area contributed by atoms with Gasteiger partial charge < -0.3 is 9.88 Å². The van der Waals surface area contributed by atoms with Crippen LogP contribution in [0.2, 0.25) is 0 Å². The van der Waals surface area contributed by atoms with Crippen molar-refractivity contribution in [3.63, 3.8) is 0 Å². The Hall–Kier alpha value is -3.21. The first-order valence-corrected chi connectivity index (χ1v) is 8.99. The summed E-state index contributed by atoms with van der Waals surface area (Å²) in [4.78, 5) is 26.8. The fraction of sp³-hybridized carbons (Fsp3) is 0.227. The fourth-order valence-electron chi connectivity index (χ4n) is 3.66. The molecular weight excluding hydrogens is 336 g/mol. The maximum absolute atomic E-state index is 13.1. The lowest BCUT2D eigenvalue weighted by molar-refractivity contribution is 0.0779. The third kappa shape index (κ3) is 2.95. The first kappa shape index (κ1) is 17.2. The van der Waals surface area contributed by atoms with Crippen molar-refractivity contribution in [2.24, 2.45) is 0 Å². The van der Waals surface area contributed by atoms with Crippen LogP contribution in [-0.4, -0.2) is 32.8 Å². The summed E-state index contributed by atoms with van der Waals surface area (Å²) in [6.07, 6.45) is 3.36. The third-order valence-electron chi connectivity index (χ3n) is 5.14. The molecule has 2 aromatic heterocycles. The smallest absolute Gasteiger partial charge is 0.270 e. The number of benzene rings is 2. The maximum atomic E-state index is 13.1. The minimum atomic E-state index is -0.0123. The van der Waals surface area contributed by atoms with Crippen molar-refractivity contribution < 1.29 is 4.79 Å². The zero-order valence-electron chi connectivity index (χ0n) is 16.0. The van der Waals surface area contributed by atoms with Gasteiger partial charge in [-0.05, 0) is 55.2 Å². The van der Waals surface area contributed by atoms with E-state index in [1.165, 1.54) is 5.56 Å². The molecule has 136 valence electrons. The van der Waals surface area contributed by atoms with E-state index < -0.39 is 0 Å². The molecule has 0 aliphatic heterocycles. The van der Waals surface area contributed by atoms with Crippen molar-refractivity contribution in [3.05, 3.63) is 70.7 Å². The number of carbonyl (C=O) groups is 1. The number of hydrogen-bond donors (Lipinski definition) is 1. The van der Waals surface area contributed by atoms with Gasteiger partial charge in [0.15, 0.2) is 0 Å². The summed E-state index contributed by atoms with van der Waals surface area (Å²) in [7, 11) is 1.83. The molecule has 27 heavy (non-hydrogen) atoms. The third-order valence-corrected chi connectivity index (χ3v) is 5.14. The van der Waals surface area contributed by atoms with Crippen LogP contribution in [0.5, 0.6) is 0 Å². The molecule has 5 nitrogen and oxygen atoms in total. The monoisotopic (exact) mass is 358 g/mol. The fourth-order valence-corrected chi connectivity index (χ4v) is 3.66. The quantitative estimate of drug-likeness (QED) is 0.594. The normalized spacial score (nSPS) is 11.3. The lowest BCUT2D eigenvalue weighted by atomic mass is 10.0. The van der Waals surface area contributed by atoms with Gasteiger partial charge in [-0.2, -0.15) is 0 Å². The summed E-state index contributed by atoms with van der Waals surface area (Å²) in [6, 6.07) is 10.1. The van der Waals surface area contributed by atoms with E-state index in [2.05, 4.69) is 40.9 Å². The Morgan fingerprint density at radius 2 is 1.70 bits per heavy atom. The van der Waals surface area contributed by atoms with Crippen molar-refractivity contribution in [3.8, 4) is 0 Å². The number of nitrogens with zero attached hydrogens (tertiary/aromatic N) is 3. The highest BCUT2D eigenvalue weighted by atomic mass is 16.2. The number of carbonyl (C=O) groups excluding carboxylic acids is 1. The molecule has 4 rings (SSSR count). The van der Waals surface area contributed by atoms with Crippen molar-refractivity contribution in [1.29, 1.82) is 0 Å². The highest BCUT2D eigenvalue weighted by molar-refractivity contribution is 6.02. The van der Waals surface area contributed by atoms with Gasteiger partial charge in [0.1, 0.15) is 5.69 Å². The number of aryl methyl sites for hydroxylation is 3. The lowest BCUT2D eigenvalue weighted by Gasteiger charge is -2.17. The molecule has 2 heterocycles. The number of aromatic nitrogens is 3. The molecule has 4 aromatic rings. The number of hydrogen-bond acceptors (Lipinski definition) is 3. The molecule has 0 atom stereocenters. The van der Waals surface area contributed by atoms with E-state index in [1.807, 2.05) is 32.2 Å². The van der Waals surface area contributed by atoms with Crippen molar-refractivity contribution >= 4 is 27.8 Å². The second-order valence-electron chi connectivity index (χ2n) is 7.11. The molecule has 1 amide bonds. The first-order valence-electron chi connectivity index (χ1n) is 8.99. The topological polar surface area (TPSA) is 61.9 Å². The molecule has 0 saturated heterocycles. The van der Waals surface area contributed by atoms with E-state index in [0.29, 0.717) is 12.2 Å². The van der Waals surface area contributed by atoms with Gasteiger partial charge in [-0.3, -0.25) is 14.8 Å². The van der Waals surface area contributed by atoms with Crippen LogP contribution in [0, 0.1) is 20.8 Å². The number of aromatic amines is 1. The molecule has 0 radical (unpaired) electrons. The van der Waals surface area contributed by atoms with E-state index in [0.717, 1.165) is 38.6 Å². The van der Waals surface area contributed by atoms with Crippen LogP contribution in [0.3, 0.4) is 0 Å². The molecule has 0 unspecified atom stereocenters. The van der Waals surface area contributed by atoms with Crippen LogP contribution in [0.1, 0.15) is 32.7 Å². The van der Waals surface area contributed by atoms with Gasteiger partial charge in [0.05, 0.1) is 11.0 Å². The number of amides is 1. The zero-order valence-corrected chi connectivity index (χ0v) is 16.0. The zero-order chi connectivity index (χ0) is 19.1. The van der Waals surface area contributed by atoms with Crippen LogP contribution < -0.4 is 0 Å². The van der Waals surface area contributed by atoms with Crippen LogP contribution in [0.25, 0.3) is 21.9 Å². The molecule has 0 aliphatic rings. The number of H-pyrrole nitrogens is 1. The van der Waals surface area contributed by atoms with E-state index in [-0.39, 0.29) is 5.91 Å². The second-order valence-corrected chi connectivity index (χ2v) is 7.11. The summed E-state index contributed by atoms with van der Waals surface area (Å²) in [6.45, 7) is 6.67. The maximum Gasteiger partial charge on any atom is 0.270 e. The molecule has 2 aromatic carbocycles. The highest BCUT2D eigenvalue weighted by Gasteiger charge is 2.20. The largest absolute Gasteiger partial charge is 0.350 e. The summed E-state index contributed by atoms with van der Waals surface area (Å²) in [5.41, 5.74) is 7.76. The van der Waals surface area contributed by atoms with Crippen molar-refractivity contribution in [1.82, 2.24) is 19.9 Å². The predicted molar refractivity (Wildman–Crippen MR) is 108 cm³/mol. The molecule has 0 spiro atoms. The van der Waals surface area contributed by atoms with Gasteiger partial charge in [0.2, 0.25) is 0 Å². The van der Waals surface area contributed by atoms with Gasteiger partial charge >= 0.3 is 0 Å². The van der Waals surface area contributed by atoms with E-state index >= 15 is 0 Å². The Morgan fingerprint density at radius 3 is 2.44 bits per heavy atom. The molecule has 0 aliphatic carbocycles. The van der Waals surface area contributed by atoms with Gasteiger partial charge in [0, 0.05) is 36.9 Å². The number of fused-ring (bicyclic) bond motifs is 2. The van der Waals surface area contributed by atoms with Crippen LogP contribution in [0.15, 0.2) is 42.7 Å². The first-order chi connectivity index (χ1) is 13.0. The van der Waals surface area contributed by atoms with Crippen molar-refractivity contribution in [2.45, 2.75) is 27.3 Å². The van der Waals surface area contributed by atoms with E-state index in [9.17, 15) is 4.79 Å². The number of rotatable bonds is 3. The summed E-state index contributed by atoms with van der Waals surface area (Å²) in [5.74, 6) is -0.0123.